The lowest BCUT2D eigenvalue weighted by atomic mass is 9.87. The minimum Gasteiger partial charge on any atom is -0.496 e. The molecule has 5 atom stereocenters. The summed E-state index contributed by atoms with van der Waals surface area (Å²) >= 11 is 0. The molecule has 1 heterocycles. The van der Waals surface area contributed by atoms with E-state index >= 15 is 0 Å². The lowest BCUT2D eigenvalue weighted by Crippen LogP contribution is -2.57. The summed E-state index contributed by atoms with van der Waals surface area (Å²) in [6.45, 7) is 3.44. The first-order valence-electron chi connectivity index (χ1n) is 19.6. The molecule has 0 aromatic heterocycles. The molecule has 0 saturated carbocycles. The summed E-state index contributed by atoms with van der Waals surface area (Å²) in [6.07, 6.45) is 1.29. The van der Waals surface area contributed by atoms with E-state index in [1.165, 1.54) is 16.7 Å². The topological polar surface area (TPSA) is 46.2 Å². The number of hydrogen-bond acceptors (Lipinski definition) is 5. The molecular formula is C50H52O5. The van der Waals surface area contributed by atoms with Gasteiger partial charge in [0.05, 0.1) is 33.0 Å². The van der Waals surface area contributed by atoms with Gasteiger partial charge in [0.1, 0.15) is 30.2 Å². The molecular weight excluding hydrogens is 681 g/mol. The number of methoxy groups -OCH3 is 1. The maximum Gasteiger partial charge on any atom is 0.122 e. The highest BCUT2D eigenvalue weighted by atomic mass is 16.6. The first-order valence-corrected chi connectivity index (χ1v) is 19.6. The number of hydrogen-bond donors (Lipinski definition) is 0. The lowest BCUT2D eigenvalue weighted by molar-refractivity contribution is -0.268. The fraction of sp³-hybridized carbons (Fsp3) is 0.280. The van der Waals surface area contributed by atoms with Crippen LogP contribution in [0, 0.1) is 0 Å². The van der Waals surface area contributed by atoms with Crippen molar-refractivity contribution in [3.8, 4) is 5.75 Å². The van der Waals surface area contributed by atoms with Gasteiger partial charge in [0, 0.05) is 6.42 Å². The van der Waals surface area contributed by atoms with Gasteiger partial charge in [0.25, 0.3) is 0 Å². The van der Waals surface area contributed by atoms with E-state index in [-0.39, 0.29) is 6.10 Å². The van der Waals surface area contributed by atoms with Gasteiger partial charge in [-0.05, 0) is 75.9 Å². The molecule has 0 spiro atoms. The molecule has 0 bridgehead atoms. The number of rotatable bonds is 17. The second-order valence-corrected chi connectivity index (χ2v) is 14.3. The van der Waals surface area contributed by atoms with Crippen LogP contribution in [0.4, 0.5) is 0 Å². The molecule has 0 aliphatic carbocycles. The third-order valence-corrected chi connectivity index (χ3v) is 10.5. The second kappa shape index (κ2) is 19.5. The number of ether oxygens (including phenoxy) is 5. The third-order valence-electron chi connectivity index (χ3n) is 10.5. The lowest BCUT2D eigenvalue weighted by Gasteiger charge is -2.47. The molecule has 0 N–H and O–H groups in total. The van der Waals surface area contributed by atoms with Crippen LogP contribution >= 0.6 is 0 Å². The summed E-state index contributed by atoms with van der Waals surface area (Å²) in [5.74, 6) is 0.849. The summed E-state index contributed by atoms with van der Waals surface area (Å²) in [6, 6.07) is 56.9. The summed E-state index contributed by atoms with van der Waals surface area (Å²) in [4.78, 5) is 0. The monoisotopic (exact) mass is 732 g/mol. The van der Waals surface area contributed by atoms with Crippen LogP contribution in [-0.4, -0.2) is 31.5 Å². The van der Waals surface area contributed by atoms with E-state index in [2.05, 4.69) is 128 Å². The zero-order chi connectivity index (χ0) is 37.7. The van der Waals surface area contributed by atoms with Crippen LogP contribution in [0.3, 0.4) is 0 Å². The van der Waals surface area contributed by atoms with E-state index in [9.17, 15) is 0 Å². The van der Waals surface area contributed by atoms with Crippen molar-refractivity contribution in [3.05, 3.63) is 208 Å². The molecule has 6 aromatic rings. The average molecular weight is 733 g/mol. The van der Waals surface area contributed by atoms with Gasteiger partial charge in [-0.25, -0.2) is 0 Å². The Morgan fingerprint density at radius 1 is 0.491 bits per heavy atom. The van der Waals surface area contributed by atoms with Crippen molar-refractivity contribution in [2.45, 2.75) is 82.9 Å². The number of benzene rings is 6. The second-order valence-electron chi connectivity index (χ2n) is 14.3. The van der Waals surface area contributed by atoms with Crippen molar-refractivity contribution >= 4 is 0 Å². The number of aryl methyl sites for hydroxylation is 2. The highest BCUT2D eigenvalue weighted by Gasteiger charge is 2.48. The molecule has 0 radical (unpaired) electrons. The quantitative estimate of drug-likeness (QED) is 0.0934. The van der Waals surface area contributed by atoms with Crippen LogP contribution in [-0.2, 0) is 58.0 Å². The van der Waals surface area contributed by atoms with Crippen molar-refractivity contribution in [1.82, 2.24) is 0 Å². The van der Waals surface area contributed by atoms with Crippen LogP contribution in [0.1, 0.15) is 64.0 Å². The molecule has 6 aromatic carbocycles. The third kappa shape index (κ3) is 10.4. The van der Waals surface area contributed by atoms with E-state index in [0.717, 1.165) is 59.3 Å². The molecule has 55 heavy (non-hydrogen) atoms. The highest BCUT2D eigenvalue weighted by Crippen LogP contribution is 2.41. The van der Waals surface area contributed by atoms with Gasteiger partial charge in [0.15, 0.2) is 0 Å². The smallest absolute Gasteiger partial charge is 0.122 e. The van der Waals surface area contributed by atoms with Crippen molar-refractivity contribution < 1.29 is 23.7 Å². The van der Waals surface area contributed by atoms with E-state index in [1.54, 1.807) is 7.11 Å². The Bertz CT molecular complexity index is 2000. The molecule has 5 heteroatoms. The predicted octanol–water partition coefficient (Wildman–Crippen LogP) is 10.7. The van der Waals surface area contributed by atoms with Crippen molar-refractivity contribution in [1.29, 1.82) is 0 Å². The van der Waals surface area contributed by atoms with E-state index < -0.39 is 24.4 Å². The Balaban J connectivity index is 1.28. The maximum absolute atomic E-state index is 7.32. The molecule has 1 aliphatic rings. The fourth-order valence-electron chi connectivity index (χ4n) is 7.47. The average Bonchev–Trinajstić information content (AvgIpc) is 3.25. The first-order chi connectivity index (χ1) is 27.2. The van der Waals surface area contributed by atoms with Crippen molar-refractivity contribution in [2.24, 2.45) is 0 Å². The zero-order valence-electron chi connectivity index (χ0n) is 32.0. The van der Waals surface area contributed by atoms with Gasteiger partial charge in [-0.15, -0.1) is 0 Å². The zero-order valence-corrected chi connectivity index (χ0v) is 32.0. The standard InChI is InChI=1S/C50H52O5/c1-3-37-24-26-39(27-25-37)32-44-33-43(29-31-45(44)51-2)47-49(53-35-41-20-12-6-13-21-41)50(54-36-42-22-14-7-15-23-42)48(52-34-40-18-10-5-11-19-40)46(55-47)30-28-38-16-8-4-9-17-38/h4-27,29,31,33,46-50H,3,28,30,32,34-36H2,1-2H3. The Morgan fingerprint density at radius 3 is 1.51 bits per heavy atom. The van der Waals surface area contributed by atoms with Gasteiger partial charge < -0.3 is 23.7 Å². The molecule has 1 saturated heterocycles. The summed E-state index contributed by atoms with van der Waals surface area (Å²) < 4.78 is 34.2. The molecule has 7 rings (SSSR count). The molecule has 0 amide bonds. The molecule has 1 aliphatic heterocycles. The minimum atomic E-state index is -0.484. The molecule has 5 unspecified atom stereocenters. The largest absolute Gasteiger partial charge is 0.496 e. The van der Waals surface area contributed by atoms with Gasteiger partial charge in [-0.2, -0.15) is 0 Å². The van der Waals surface area contributed by atoms with E-state index in [4.69, 9.17) is 23.7 Å². The van der Waals surface area contributed by atoms with Gasteiger partial charge in [0.2, 0.25) is 0 Å². The van der Waals surface area contributed by atoms with Crippen LogP contribution in [0.15, 0.2) is 164 Å². The van der Waals surface area contributed by atoms with Crippen LogP contribution < -0.4 is 4.74 Å². The Kier molecular flexibility index (Phi) is 13.6. The molecule has 282 valence electrons. The Labute approximate surface area is 326 Å². The fourth-order valence-corrected chi connectivity index (χ4v) is 7.47. The Hall–Kier alpha value is -5.04. The summed E-state index contributed by atoms with van der Waals surface area (Å²) in [5.41, 5.74) is 9.21. The normalized spacial score (nSPS) is 19.6. The van der Waals surface area contributed by atoms with Crippen LogP contribution in [0.25, 0.3) is 0 Å². The van der Waals surface area contributed by atoms with Gasteiger partial charge >= 0.3 is 0 Å². The van der Waals surface area contributed by atoms with Crippen molar-refractivity contribution in [3.63, 3.8) is 0 Å². The van der Waals surface area contributed by atoms with Crippen LogP contribution in [0.5, 0.6) is 5.75 Å². The molecule has 1 fully saturated rings. The van der Waals surface area contributed by atoms with E-state index in [0.29, 0.717) is 19.8 Å². The maximum atomic E-state index is 7.32. The highest BCUT2D eigenvalue weighted by molar-refractivity contribution is 5.42. The Morgan fingerprint density at radius 2 is 0.982 bits per heavy atom. The van der Waals surface area contributed by atoms with E-state index in [1.807, 2.05) is 42.5 Å². The minimum absolute atomic E-state index is 0.279. The van der Waals surface area contributed by atoms with Crippen molar-refractivity contribution in [2.75, 3.05) is 7.11 Å². The van der Waals surface area contributed by atoms with Crippen LogP contribution in [0.2, 0.25) is 0 Å². The summed E-state index contributed by atoms with van der Waals surface area (Å²) in [7, 11) is 1.74. The predicted molar refractivity (Wildman–Crippen MR) is 219 cm³/mol. The SMILES string of the molecule is CCc1ccc(Cc2cc(C3OC(CCc4ccccc4)C(OCc4ccccc4)C(OCc4ccccc4)C3OCc3ccccc3)ccc2OC)cc1. The van der Waals surface area contributed by atoms with Gasteiger partial charge in [-0.3, -0.25) is 0 Å². The molecule has 5 nitrogen and oxygen atoms in total. The van der Waals surface area contributed by atoms with Gasteiger partial charge in [-0.1, -0.05) is 159 Å². The first kappa shape index (κ1) is 38.2. The summed E-state index contributed by atoms with van der Waals surface area (Å²) in [5, 5.41) is 0.